The van der Waals surface area contributed by atoms with E-state index in [0.717, 1.165) is 57.5 Å². The number of ether oxygens (including phenoxy) is 2. The van der Waals surface area contributed by atoms with Gasteiger partial charge in [-0.05, 0) is 25.5 Å². The fourth-order valence-electron chi connectivity index (χ4n) is 4.07. The van der Waals surface area contributed by atoms with Crippen molar-refractivity contribution in [2.45, 2.75) is 39.2 Å². The van der Waals surface area contributed by atoms with E-state index in [-0.39, 0.29) is 18.3 Å². The molecule has 2 N–H and O–H groups in total. The van der Waals surface area contributed by atoms with Gasteiger partial charge in [0.15, 0.2) is 0 Å². The second-order valence-corrected chi connectivity index (χ2v) is 8.90. The van der Waals surface area contributed by atoms with Crippen molar-refractivity contribution in [3.8, 4) is 11.9 Å². The minimum atomic E-state index is -0.0639. The first-order chi connectivity index (χ1) is 16.5. The molecule has 2 aromatic heterocycles. The van der Waals surface area contributed by atoms with Crippen LogP contribution in [0.3, 0.4) is 0 Å². The summed E-state index contributed by atoms with van der Waals surface area (Å²) in [5.74, 6) is 1.35. The van der Waals surface area contributed by atoms with E-state index in [1.54, 1.807) is 11.1 Å². The molecule has 0 aliphatic carbocycles. The Balaban J connectivity index is 1.30. The number of anilines is 2. The number of amides is 1. The smallest absolute Gasteiger partial charge is 0.320 e. The number of hydrogen-bond acceptors (Lipinski definition) is 9. The second-order valence-electron chi connectivity index (χ2n) is 8.90. The lowest BCUT2D eigenvalue weighted by Crippen LogP contribution is -2.44. The van der Waals surface area contributed by atoms with Crippen LogP contribution in [-0.4, -0.2) is 83.6 Å². The number of hydrogen-bond donors (Lipinski definition) is 1. The lowest BCUT2D eigenvalue weighted by molar-refractivity contribution is -0.117. The molecule has 2 aliphatic rings. The van der Waals surface area contributed by atoms with Crippen molar-refractivity contribution >= 4 is 17.5 Å². The molecule has 0 spiro atoms. The van der Waals surface area contributed by atoms with Crippen molar-refractivity contribution in [1.82, 2.24) is 24.8 Å². The molecule has 34 heavy (non-hydrogen) atoms. The van der Waals surface area contributed by atoms with Gasteiger partial charge in [-0.15, -0.1) is 0 Å². The van der Waals surface area contributed by atoms with Crippen LogP contribution in [0.1, 0.15) is 37.3 Å². The lowest BCUT2D eigenvalue weighted by Gasteiger charge is -2.32. The predicted octanol–water partition coefficient (Wildman–Crippen LogP) is 1.74. The maximum atomic E-state index is 12.7. The van der Waals surface area contributed by atoms with Crippen molar-refractivity contribution < 1.29 is 14.3 Å². The Labute approximate surface area is 201 Å². The summed E-state index contributed by atoms with van der Waals surface area (Å²) in [7, 11) is 2.16. The van der Waals surface area contributed by atoms with Crippen LogP contribution in [0, 0.1) is 0 Å². The van der Waals surface area contributed by atoms with Crippen molar-refractivity contribution in [2.24, 2.45) is 0 Å². The number of nitrogens with two attached hydrogens (primary N) is 1. The largest absolute Gasteiger partial charge is 0.478 e. The maximum absolute atomic E-state index is 12.7. The van der Waals surface area contributed by atoms with E-state index in [9.17, 15) is 4.79 Å². The zero-order chi connectivity index (χ0) is 23.9. The highest BCUT2D eigenvalue weighted by Gasteiger charge is 2.32. The molecular formula is C24H35N7O3. The zero-order valence-corrected chi connectivity index (χ0v) is 20.2. The Hall–Kier alpha value is -2.98. The monoisotopic (exact) mass is 469 g/mol. The number of aromatic nitrogens is 3. The van der Waals surface area contributed by atoms with E-state index in [2.05, 4.69) is 38.7 Å². The molecule has 0 radical (unpaired) electrons. The highest BCUT2D eigenvalue weighted by Crippen LogP contribution is 2.33. The van der Waals surface area contributed by atoms with Crippen molar-refractivity contribution in [3.05, 3.63) is 29.5 Å². The molecule has 10 heteroatoms. The maximum Gasteiger partial charge on any atom is 0.320 e. The third kappa shape index (κ3) is 6.12. The lowest BCUT2D eigenvalue weighted by atomic mass is 10.2. The van der Waals surface area contributed by atoms with Gasteiger partial charge in [0, 0.05) is 50.6 Å². The summed E-state index contributed by atoms with van der Waals surface area (Å²) in [6.07, 6.45) is 4.81. The first-order valence-electron chi connectivity index (χ1n) is 12.1. The van der Waals surface area contributed by atoms with Gasteiger partial charge in [0.1, 0.15) is 11.6 Å². The molecular weight excluding hydrogens is 434 g/mol. The highest BCUT2D eigenvalue weighted by atomic mass is 16.5. The summed E-state index contributed by atoms with van der Waals surface area (Å²) >= 11 is 0. The number of piperazine rings is 1. The van der Waals surface area contributed by atoms with Gasteiger partial charge in [0.25, 0.3) is 0 Å². The molecule has 1 amide bonds. The number of carbonyl (C=O) groups is 1. The molecule has 0 unspecified atom stereocenters. The van der Waals surface area contributed by atoms with E-state index >= 15 is 0 Å². The summed E-state index contributed by atoms with van der Waals surface area (Å²) < 4.78 is 11.4. The van der Waals surface area contributed by atoms with Crippen molar-refractivity contribution in [2.75, 3.05) is 63.6 Å². The molecule has 0 atom stereocenters. The average Bonchev–Trinajstić information content (AvgIpc) is 3.15. The van der Waals surface area contributed by atoms with Gasteiger partial charge in [0.2, 0.25) is 11.8 Å². The molecule has 4 rings (SSSR count). The number of fused-ring (bicyclic) bond motifs is 1. The zero-order valence-electron chi connectivity index (χ0n) is 20.2. The van der Waals surface area contributed by atoms with Crippen LogP contribution in [0.5, 0.6) is 11.9 Å². The summed E-state index contributed by atoms with van der Waals surface area (Å²) in [5, 5.41) is 0. The van der Waals surface area contributed by atoms with E-state index in [0.29, 0.717) is 42.8 Å². The highest BCUT2D eigenvalue weighted by molar-refractivity contribution is 6.01. The van der Waals surface area contributed by atoms with Crippen LogP contribution in [0.4, 0.5) is 11.6 Å². The first-order valence-corrected chi connectivity index (χ1v) is 12.1. The Morgan fingerprint density at radius 2 is 1.85 bits per heavy atom. The van der Waals surface area contributed by atoms with Crippen LogP contribution in [0.25, 0.3) is 0 Å². The topological polar surface area (TPSA) is 110 Å². The van der Waals surface area contributed by atoms with Crippen LogP contribution in [0.2, 0.25) is 0 Å². The number of carbonyl (C=O) groups excluding carboxylic acids is 1. The standard InChI is InChI=1S/C24H35N7O3/c1-3-4-13-34-24-27-22(25)19-15-21(32)31(23(19)28-24)17-18-6-7-20(26-16-18)33-14-5-8-30-11-9-29(2)10-12-30/h6-7,16H,3-5,8-15,17H2,1-2H3,(H2,25,27,28). The molecule has 0 saturated carbocycles. The van der Waals surface area contributed by atoms with Gasteiger partial charge in [-0.3, -0.25) is 9.69 Å². The number of nitrogens with zero attached hydrogens (tertiary/aromatic N) is 6. The van der Waals surface area contributed by atoms with E-state index in [1.807, 2.05) is 12.1 Å². The summed E-state index contributed by atoms with van der Waals surface area (Å²) in [5.41, 5.74) is 7.62. The summed E-state index contributed by atoms with van der Waals surface area (Å²) in [6.45, 7) is 9.11. The number of rotatable bonds is 11. The van der Waals surface area contributed by atoms with Crippen LogP contribution in [-0.2, 0) is 17.8 Å². The van der Waals surface area contributed by atoms with Crippen LogP contribution in [0.15, 0.2) is 18.3 Å². The van der Waals surface area contributed by atoms with Crippen LogP contribution < -0.4 is 20.1 Å². The minimum absolute atomic E-state index is 0.0639. The first kappa shape index (κ1) is 24.2. The molecule has 2 aliphatic heterocycles. The van der Waals surface area contributed by atoms with Gasteiger partial charge in [-0.25, -0.2) is 4.98 Å². The van der Waals surface area contributed by atoms with Gasteiger partial charge in [-0.1, -0.05) is 19.4 Å². The quantitative estimate of drug-likeness (QED) is 0.492. The summed E-state index contributed by atoms with van der Waals surface area (Å²) in [4.78, 5) is 32.2. The molecule has 4 heterocycles. The Bertz CT molecular complexity index is 962. The molecule has 10 nitrogen and oxygen atoms in total. The van der Waals surface area contributed by atoms with E-state index in [4.69, 9.17) is 15.2 Å². The predicted molar refractivity (Wildman–Crippen MR) is 130 cm³/mol. The van der Waals surface area contributed by atoms with Gasteiger partial charge < -0.3 is 25.0 Å². The van der Waals surface area contributed by atoms with E-state index < -0.39 is 0 Å². The van der Waals surface area contributed by atoms with Gasteiger partial charge >= 0.3 is 6.01 Å². The molecule has 0 bridgehead atoms. The minimum Gasteiger partial charge on any atom is -0.478 e. The number of likely N-dealkylation sites (N-methyl/N-ethyl adjacent to an activating group) is 1. The van der Waals surface area contributed by atoms with Gasteiger partial charge in [-0.2, -0.15) is 9.97 Å². The average molecular weight is 470 g/mol. The molecule has 0 aromatic carbocycles. The summed E-state index contributed by atoms with van der Waals surface area (Å²) in [6, 6.07) is 3.99. The SMILES string of the molecule is CCCCOc1nc(N)c2c(n1)N(Cc1ccc(OCCCN3CCN(C)CC3)nc1)C(=O)C2. The third-order valence-electron chi connectivity index (χ3n) is 6.21. The normalized spacial score (nSPS) is 16.6. The number of nitrogen functional groups attached to an aromatic ring is 1. The van der Waals surface area contributed by atoms with Gasteiger partial charge in [0.05, 0.1) is 26.2 Å². The fourth-order valence-corrected chi connectivity index (χ4v) is 4.07. The van der Waals surface area contributed by atoms with Crippen LogP contribution >= 0.6 is 0 Å². The second kappa shape index (κ2) is 11.4. The van der Waals surface area contributed by atoms with E-state index in [1.165, 1.54) is 0 Å². The Kier molecular flexibility index (Phi) is 8.12. The Morgan fingerprint density at radius 1 is 1.06 bits per heavy atom. The Morgan fingerprint density at radius 3 is 2.59 bits per heavy atom. The fraction of sp³-hybridized carbons (Fsp3) is 0.583. The third-order valence-corrected chi connectivity index (χ3v) is 6.21. The molecule has 1 fully saturated rings. The number of pyridine rings is 1. The van der Waals surface area contributed by atoms with Crippen molar-refractivity contribution in [3.63, 3.8) is 0 Å². The molecule has 2 aromatic rings. The van der Waals surface area contributed by atoms with Crippen molar-refractivity contribution in [1.29, 1.82) is 0 Å². The molecule has 1 saturated heterocycles. The molecule has 184 valence electrons. The number of unbranched alkanes of at least 4 members (excludes halogenated alkanes) is 1.